The second-order valence-corrected chi connectivity index (χ2v) is 5.09. The van der Waals surface area contributed by atoms with Crippen molar-refractivity contribution in [3.8, 4) is 0 Å². The first-order chi connectivity index (χ1) is 7.25. The van der Waals surface area contributed by atoms with Crippen LogP contribution in [0.5, 0.6) is 0 Å². The highest BCUT2D eigenvalue weighted by atomic mass is 32.1. The number of nitrogens with one attached hydrogen (secondary N) is 2. The fourth-order valence-corrected chi connectivity index (χ4v) is 2.72. The Labute approximate surface area is 98.7 Å². The van der Waals surface area contributed by atoms with Crippen molar-refractivity contribution in [3.63, 3.8) is 0 Å². The van der Waals surface area contributed by atoms with Crippen LogP contribution >= 0.6 is 24.0 Å². The van der Waals surface area contributed by atoms with Gasteiger partial charge in [-0.1, -0.05) is 0 Å². The number of thiol groups is 1. The van der Waals surface area contributed by atoms with Gasteiger partial charge in [0.25, 0.3) is 5.91 Å². The lowest BCUT2D eigenvalue weighted by Gasteiger charge is -2.23. The molecule has 1 aromatic rings. The van der Waals surface area contributed by atoms with Crippen molar-refractivity contribution < 1.29 is 4.79 Å². The van der Waals surface area contributed by atoms with E-state index in [9.17, 15) is 4.79 Å². The Morgan fingerprint density at radius 1 is 1.53 bits per heavy atom. The summed E-state index contributed by atoms with van der Waals surface area (Å²) in [5, 5.41) is 8.19. The number of carbonyl (C=O) groups excluding carboxylic acids is 1. The van der Waals surface area contributed by atoms with E-state index < -0.39 is 0 Å². The molecule has 0 atom stereocenters. The molecule has 1 aliphatic rings. The molecule has 0 spiro atoms. The van der Waals surface area contributed by atoms with Crippen LogP contribution in [0.4, 0.5) is 0 Å². The van der Waals surface area contributed by atoms with Gasteiger partial charge in [-0.2, -0.15) is 0 Å². The van der Waals surface area contributed by atoms with E-state index in [2.05, 4.69) is 23.3 Å². The summed E-state index contributed by atoms with van der Waals surface area (Å²) in [5.41, 5.74) is 0. The molecule has 82 valence electrons. The topological polar surface area (TPSA) is 41.1 Å². The van der Waals surface area contributed by atoms with Gasteiger partial charge < -0.3 is 10.6 Å². The quantitative estimate of drug-likeness (QED) is 0.688. The van der Waals surface area contributed by atoms with Crippen molar-refractivity contribution in [1.29, 1.82) is 0 Å². The molecule has 0 aromatic carbocycles. The van der Waals surface area contributed by atoms with E-state index in [4.69, 9.17) is 0 Å². The van der Waals surface area contributed by atoms with E-state index >= 15 is 0 Å². The van der Waals surface area contributed by atoms with Gasteiger partial charge in [-0.15, -0.1) is 24.0 Å². The fraction of sp³-hybridized carbons (Fsp3) is 0.500. The van der Waals surface area contributed by atoms with E-state index in [-0.39, 0.29) is 5.91 Å². The number of piperidine rings is 1. The largest absolute Gasteiger partial charge is 0.349 e. The van der Waals surface area contributed by atoms with Crippen LogP contribution < -0.4 is 10.6 Å². The van der Waals surface area contributed by atoms with Gasteiger partial charge in [0.1, 0.15) is 0 Å². The fourth-order valence-electron chi connectivity index (χ4n) is 1.67. The smallest absolute Gasteiger partial charge is 0.261 e. The van der Waals surface area contributed by atoms with E-state index in [1.807, 2.05) is 11.4 Å². The molecule has 0 radical (unpaired) electrons. The minimum atomic E-state index is 0.0344. The molecule has 2 rings (SSSR count). The average Bonchev–Trinajstić information content (AvgIpc) is 2.66. The molecule has 2 heterocycles. The molecular formula is C10H14N2OS2. The van der Waals surface area contributed by atoms with Crippen LogP contribution in [0, 0.1) is 0 Å². The summed E-state index contributed by atoms with van der Waals surface area (Å²) in [5.74, 6) is 0.0344. The van der Waals surface area contributed by atoms with Gasteiger partial charge in [0.05, 0.1) is 4.88 Å². The summed E-state index contributed by atoms with van der Waals surface area (Å²) >= 11 is 5.63. The Bertz CT molecular complexity index is 345. The van der Waals surface area contributed by atoms with Crippen molar-refractivity contribution in [2.24, 2.45) is 0 Å². The van der Waals surface area contributed by atoms with Crippen molar-refractivity contribution in [2.75, 3.05) is 13.1 Å². The Morgan fingerprint density at radius 2 is 2.27 bits per heavy atom. The van der Waals surface area contributed by atoms with Crippen LogP contribution in [0.2, 0.25) is 0 Å². The predicted molar refractivity (Wildman–Crippen MR) is 64.9 cm³/mol. The Balaban J connectivity index is 1.91. The van der Waals surface area contributed by atoms with E-state index in [0.29, 0.717) is 6.04 Å². The lowest BCUT2D eigenvalue weighted by Crippen LogP contribution is -2.42. The zero-order chi connectivity index (χ0) is 10.7. The molecule has 15 heavy (non-hydrogen) atoms. The molecule has 1 amide bonds. The molecular weight excluding hydrogens is 228 g/mol. The van der Waals surface area contributed by atoms with Crippen LogP contribution in [-0.4, -0.2) is 25.0 Å². The van der Waals surface area contributed by atoms with Crippen LogP contribution in [0.3, 0.4) is 0 Å². The second kappa shape index (κ2) is 5.01. The highest BCUT2D eigenvalue weighted by Gasteiger charge is 2.16. The summed E-state index contributed by atoms with van der Waals surface area (Å²) in [7, 11) is 0. The summed E-state index contributed by atoms with van der Waals surface area (Å²) in [6, 6.07) is 2.13. The summed E-state index contributed by atoms with van der Waals surface area (Å²) in [6.45, 7) is 1.99. The minimum Gasteiger partial charge on any atom is -0.349 e. The normalized spacial score (nSPS) is 17.7. The molecule has 1 fully saturated rings. The molecule has 2 N–H and O–H groups in total. The Kier molecular flexibility index (Phi) is 3.66. The zero-order valence-electron chi connectivity index (χ0n) is 8.32. The van der Waals surface area contributed by atoms with Crippen LogP contribution in [0.1, 0.15) is 22.5 Å². The number of amides is 1. The lowest BCUT2D eigenvalue weighted by atomic mass is 10.1. The summed E-state index contributed by atoms with van der Waals surface area (Å²) in [6.07, 6.45) is 2.04. The summed E-state index contributed by atoms with van der Waals surface area (Å²) < 4.78 is 0. The van der Waals surface area contributed by atoms with Crippen molar-refractivity contribution in [2.45, 2.75) is 23.8 Å². The molecule has 0 bridgehead atoms. The third-order valence-electron chi connectivity index (χ3n) is 2.48. The Hall–Kier alpha value is -0.520. The third kappa shape index (κ3) is 2.96. The minimum absolute atomic E-state index is 0.0344. The van der Waals surface area contributed by atoms with Crippen LogP contribution in [-0.2, 0) is 0 Å². The maximum Gasteiger partial charge on any atom is 0.261 e. The molecule has 0 saturated carbocycles. The maximum absolute atomic E-state index is 11.8. The molecule has 1 aromatic heterocycles. The maximum atomic E-state index is 11.8. The average molecular weight is 242 g/mol. The molecule has 0 unspecified atom stereocenters. The van der Waals surface area contributed by atoms with Gasteiger partial charge in [-0.25, -0.2) is 0 Å². The highest BCUT2D eigenvalue weighted by molar-refractivity contribution is 7.80. The van der Waals surface area contributed by atoms with Crippen molar-refractivity contribution in [3.05, 3.63) is 16.3 Å². The van der Waals surface area contributed by atoms with E-state index in [0.717, 1.165) is 35.7 Å². The number of carbonyl (C=O) groups is 1. The number of hydrogen-bond acceptors (Lipinski definition) is 4. The van der Waals surface area contributed by atoms with Crippen molar-refractivity contribution >= 4 is 29.9 Å². The number of thiophene rings is 1. The van der Waals surface area contributed by atoms with Gasteiger partial charge in [0.15, 0.2) is 0 Å². The van der Waals surface area contributed by atoms with Gasteiger partial charge in [0.2, 0.25) is 0 Å². The van der Waals surface area contributed by atoms with E-state index in [1.165, 1.54) is 11.3 Å². The van der Waals surface area contributed by atoms with Crippen LogP contribution in [0.15, 0.2) is 16.3 Å². The SMILES string of the molecule is O=C(NC1CCNCC1)c1cc(S)cs1. The molecule has 3 nitrogen and oxygen atoms in total. The Morgan fingerprint density at radius 3 is 2.87 bits per heavy atom. The van der Waals surface area contributed by atoms with Crippen molar-refractivity contribution in [1.82, 2.24) is 10.6 Å². The van der Waals surface area contributed by atoms with Gasteiger partial charge >= 0.3 is 0 Å². The standard InChI is InChI=1S/C10H14N2OS2/c13-10(9-5-8(14)6-15-9)12-7-1-3-11-4-2-7/h5-7,11,14H,1-4H2,(H,12,13). The monoisotopic (exact) mass is 242 g/mol. The van der Waals surface area contributed by atoms with Crippen LogP contribution in [0.25, 0.3) is 0 Å². The van der Waals surface area contributed by atoms with Gasteiger partial charge in [0, 0.05) is 16.3 Å². The molecule has 1 saturated heterocycles. The molecule has 0 aliphatic carbocycles. The first-order valence-electron chi connectivity index (χ1n) is 5.05. The summed E-state index contributed by atoms with van der Waals surface area (Å²) in [4.78, 5) is 13.4. The molecule has 5 heteroatoms. The third-order valence-corrected chi connectivity index (χ3v) is 3.85. The highest BCUT2D eigenvalue weighted by Crippen LogP contribution is 2.17. The predicted octanol–water partition coefficient (Wildman–Crippen LogP) is 1.52. The lowest BCUT2D eigenvalue weighted by molar-refractivity contribution is 0.0933. The number of hydrogen-bond donors (Lipinski definition) is 3. The number of rotatable bonds is 2. The van der Waals surface area contributed by atoms with Gasteiger partial charge in [-0.05, 0) is 32.0 Å². The van der Waals surface area contributed by atoms with Gasteiger partial charge in [-0.3, -0.25) is 4.79 Å². The zero-order valence-corrected chi connectivity index (χ0v) is 10.0. The first kappa shape index (κ1) is 11.0. The molecule has 1 aliphatic heterocycles. The van der Waals surface area contributed by atoms with E-state index in [1.54, 1.807) is 0 Å². The second-order valence-electron chi connectivity index (χ2n) is 3.67. The first-order valence-corrected chi connectivity index (χ1v) is 6.37.